The van der Waals surface area contributed by atoms with Crippen molar-refractivity contribution in [2.75, 3.05) is 38.6 Å². The molecule has 30 heavy (non-hydrogen) atoms. The van der Waals surface area contributed by atoms with Gasteiger partial charge in [0.05, 0.1) is 15.7 Å². The number of carbonyl (C=O) groups is 1. The Bertz CT molecular complexity index is 751. The van der Waals surface area contributed by atoms with Crippen LogP contribution in [-0.2, 0) is 0 Å². The number of urea groups is 1. The average molecular weight is 453 g/mol. The third-order valence-corrected chi connectivity index (χ3v) is 8.15. The Hall–Kier alpha value is -1.17. The van der Waals surface area contributed by atoms with Crippen molar-refractivity contribution in [2.24, 2.45) is 5.92 Å². The lowest BCUT2D eigenvalue weighted by molar-refractivity contribution is 0.0648. The van der Waals surface area contributed by atoms with E-state index in [1.165, 1.54) is 38.6 Å². The molecule has 2 atom stereocenters. The van der Waals surface area contributed by atoms with Gasteiger partial charge in [-0.05, 0) is 69.5 Å². The highest BCUT2D eigenvalue weighted by atomic mass is 35.5. The van der Waals surface area contributed by atoms with Gasteiger partial charge in [0.1, 0.15) is 0 Å². The van der Waals surface area contributed by atoms with Gasteiger partial charge in [-0.1, -0.05) is 29.3 Å². The zero-order valence-electron chi connectivity index (χ0n) is 18.1. The van der Waals surface area contributed by atoms with Gasteiger partial charge in [0.25, 0.3) is 0 Å². The van der Waals surface area contributed by atoms with Crippen LogP contribution in [0.25, 0.3) is 0 Å². The van der Waals surface area contributed by atoms with Crippen LogP contribution in [0.5, 0.6) is 0 Å². The van der Waals surface area contributed by atoms with E-state index < -0.39 is 0 Å². The Morgan fingerprint density at radius 3 is 2.47 bits per heavy atom. The Balaban J connectivity index is 1.25. The van der Waals surface area contributed by atoms with Gasteiger partial charge < -0.3 is 15.1 Å². The number of benzene rings is 1. The van der Waals surface area contributed by atoms with Crippen molar-refractivity contribution in [3.05, 3.63) is 28.2 Å². The highest BCUT2D eigenvalue weighted by Gasteiger charge is 2.43. The van der Waals surface area contributed by atoms with Gasteiger partial charge in [-0.15, -0.1) is 0 Å². The molecule has 5 nitrogen and oxygen atoms in total. The van der Waals surface area contributed by atoms with Crippen LogP contribution in [0, 0.1) is 5.92 Å². The Kier molecular flexibility index (Phi) is 7.01. The summed E-state index contributed by atoms with van der Waals surface area (Å²) in [6.07, 6.45) is 8.46. The lowest BCUT2D eigenvalue weighted by Crippen LogP contribution is -2.65. The van der Waals surface area contributed by atoms with E-state index in [-0.39, 0.29) is 6.03 Å². The molecule has 1 saturated heterocycles. The lowest BCUT2D eigenvalue weighted by Gasteiger charge is -2.55. The highest BCUT2D eigenvalue weighted by Crippen LogP contribution is 2.41. The van der Waals surface area contributed by atoms with Gasteiger partial charge in [0, 0.05) is 45.3 Å². The number of piperazine rings is 1. The van der Waals surface area contributed by atoms with Crippen molar-refractivity contribution >= 4 is 34.9 Å². The van der Waals surface area contributed by atoms with Crippen LogP contribution in [0.4, 0.5) is 10.5 Å². The molecule has 166 valence electrons. The molecule has 3 aliphatic rings. The fourth-order valence-corrected chi connectivity index (χ4v) is 5.76. The van der Waals surface area contributed by atoms with Crippen LogP contribution in [0.15, 0.2) is 18.2 Å². The van der Waals surface area contributed by atoms with Crippen LogP contribution in [0.3, 0.4) is 0 Å². The van der Waals surface area contributed by atoms with Crippen LogP contribution >= 0.6 is 23.2 Å². The number of halogens is 2. The van der Waals surface area contributed by atoms with E-state index in [1.54, 1.807) is 19.0 Å². The Morgan fingerprint density at radius 1 is 1.07 bits per heavy atom. The topological polar surface area (TPSA) is 38.8 Å². The average Bonchev–Trinajstić information content (AvgIpc) is 2.70. The van der Waals surface area contributed by atoms with Crippen molar-refractivity contribution < 1.29 is 4.79 Å². The molecule has 2 amide bonds. The molecule has 0 radical (unpaired) electrons. The van der Waals surface area contributed by atoms with Crippen molar-refractivity contribution in [2.45, 2.75) is 63.1 Å². The van der Waals surface area contributed by atoms with Crippen molar-refractivity contribution in [1.29, 1.82) is 0 Å². The Morgan fingerprint density at radius 2 is 1.80 bits per heavy atom. The first kappa shape index (κ1) is 22.0. The molecule has 1 heterocycles. The second kappa shape index (κ2) is 9.54. The maximum atomic E-state index is 11.9. The molecular formula is C23H34Cl2N4O. The third kappa shape index (κ3) is 4.68. The number of nitrogens with zero attached hydrogens (tertiary/aromatic N) is 3. The highest BCUT2D eigenvalue weighted by molar-refractivity contribution is 6.43. The molecule has 2 aliphatic carbocycles. The molecule has 1 aliphatic heterocycles. The van der Waals surface area contributed by atoms with E-state index in [0.717, 1.165) is 37.5 Å². The molecule has 0 spiro atoms. The van der Waals surface area contributed by atoms with Crippen LogP contribution < -0.4 is 10.2 Å². The first-order valence-electron chi connectivity index (χ1n) is 11.4. The number of nitrogens with one attached hydrogen (secondary N) is 1. The normalized spacial score (nSPS) is 29.1. The third-order valence-electron chi connectivity index (χ3n) is 7.35. The van der Waals surface area contributed by atoms with E-state index in [9.17, 15) is 4.79 Å². The number of hydrogen-bond acceptors (Lipinski definition) is 3. The number of amides is 2. The van der Waals surface area contributed by atoms with Crippen molar-refractivity contribution in [3.8, 4) is 0 Å². The van der Waals surface area contributed by atoms with Crippen molar-refractivity contribution in [1.82, 2.24) is 15.1 Å². The molecule has 1 aromatic carbocycles. The molecule has 1 N–H and O–H groups in total. The van der Waals surface area contributed by atoms with Gasteiger partial charge in [0.15, 0.2) is 0 Å². The largest absolute Gasteiger partial charge is 0.364 e. The summed E-state index contributed by atoms with van der Waals surface area (Å²) in [5, 5.41) is 4.48. The van der Waals surface area contributed by atoms with Gasteiger partial charge in [-0.25, -0.2) is 4.79 Å². The molecule has 2 unspecified atom stereocenters. The van der Waals surface area contributed by atoms with E-state index in [4.69, 9.17) is 23.2 Å². The minimum absolute atomic E-state index is 0.0344. The van der Waals surface area contributed by atoms with Gasteiger partial charge in [-0.3, -0.25) is 4.90 Å². The molecule has 0 aromatic heterocycles. The summed E-state index contributed by atoms with van der Waals surface area (Å²) in [4.78, 5) is 18.7. The number of fused-ring (bicyclic) bond motifs is 1. The second-order valence-electron chi connectivity index (χ2n) is 9.36. The number of anilines is 1. The van der Waals surface area contributed by atoms with Crippen molar-refractivity contribution in [3.63, 3.8) is 0 Å². The zero-order chi connectivity index (χ0) is 21.3. The van der Waals surface area contributed by atoms with Crippen LogP contribution in [0.1, 0.15) is 44.9 Å². The minimum Gasteiger partial charge on any atom is -0.364 e. The summed E-state index contributed by atoms with van der Waals surface area (Å²) < 4.78 is 0. The Labute approximate surface area is 190 Å². The number of hydrogen-bond donors (Lipinski definition) is 1. The number of carbonyl (C=O) groups excluding carboxylic acids is 1. The minimum atomic E-state index is 0.0344. The lowest BCUT2D eigenvalue weighted by atomic mass is 9.80. The van der Waals surface area contributed by atoms with Crippen LogP contribution in [0.2, 0.25) is 10.0 Å². The fraction of sp³-hybridized carbons (Fsp3) is 0.696. The van der Waals surface area contributed by atoms with E-state index >= 15 is 0 Å². The molecule has 3 fully saturated rings. The SMILES string of the molecule is CN(C)C(=O)NC1CCC(CCN2CCN(c3cccc(Cl)c3Cl)C3CCC32)CC1. The van der Waals surface area contributed by atoms with Crippen LogP contribution in [-0.4, -0.2) is 67.7 Å². The summed E-state index contributed by atoms with van der Waals surface area (Å²) in [5.74, 6) is 0.788. The summed E-state index contributed by atoms with van der Waals surface area (Å²) in [5.41, 5.74) is 1.09. The molecular weight excluding hydrogens is 419 g/mol. The number of rotatable bonds is 5. The standard InChI is InChI=1S/C23H34Cl2N4O/c1-27(2)23(30)26-17-8-6-16(7-9-17)12-13-28-14-15-29(20-11-10-19(20)28)21-5-3-4-18(24)22(21)25/h3-5,16-17,19-20H,6-15H2,1-2H3,(H,26,30). The van der Waals surface area contributed by atoms with Gasteiger partial charge in [0.2, 0.25) is 0 Å². The predicted octanol–water partition coefficient (Wildman–Crippen LogP) is 4.87. The van der Waals surface area contributed by atoms with E-state index in [2.05, 4.69) is 21.2 Å². The quantitative estimate of drug-likeness (QED) is 0.692. The summed E-state index contributed by atoms with van der Waals surface area (Å²) in [7, 11) is 3.60. The summed E-state index contributed by atoms with van der Waals surface area (Å²) in [6, 6.07) is 7.55. The summed E-state index contributed by atoms with van der Waals surface area (Å²) >= 11 is 12.8. The maximum absolute atomic E-state index is 11.9. The monoisotopic (exact) mass is 452 g/mol. The smallest absolute Gasteiger partial charge is 0.317 e. The summed E-state index contributed by atoms with van der Waals surface area (Å²) in [6.45, 7) is 3.31. The first-order valence-corrected chi connectivity index (χ1v) is 12.1. The van der Waals surface area contributed by atoms with Gasteiger partial charge >= 0.3 is 6.03 Å². The first-order chi connectivity index (χ1) is 14.4. The second-order valence-corrected chi connectivity index (χ2v) is 10.1. The van der Waals surface area contributed by atoms with Gasteiger partial charge in [-0.2, -0.15) is 0 Å². The zero-order valence-corrected chi connectivity index (χ0v) is 19.6. The molecule has 7 heteroatoms. The maximum Gasteiger partial charge on any atom is 0.317 e. The molecule has 4 rings (SSSR count). The fourth-order valence-electron chi connectivity index (χ4n) is 5.36. The van der Waals surface area contributed by atoms with E-state index in [0.29, 0.717) is 28.2 Å². The predicted molar refractivity (Wildman–Crippen MR) is 125 cm³/mol. The van der Waals surface area contributed by atoms with E-state index in [1.807, 2.05) is 12.1 Å². The molecule has 0 bridgehead atoms. The molecule has 1 aromatic rings. The molecule has 2 saturated carbocycles.